The summed E-state index contributed by atoms with van der Waals surface area (Å²) in [4.78, 5) is 12.3. The van der Waals surface area contributed by atoms with Crippen molar-refractivity contribution in [2.45, 2.75) is 4.90 Å². The number of methoxy groups -OCH3 is 2. The zero-order valence-corrected chi connectivity index (χ0v) is 18.1. The summed E-state index contributed by atoms with van der Waals surface area (Å²) in [6.45, 7) is 0. The van der Waals surface area contributed by atoms with Crippen LogP contribution in [0.3, 0.4) is 0 Å². The summed E-state index contributed by atoms with van der Waals surface area (Å²) in [5.41, 5.74) is 0.0914. The van der Waals surface area contributed by atoms with Crippen LogP contribution in [0.1, 0.15) is 10.4 Å². The maximum absolute atomic E-state index is 13.9. The molecule has 0 bridgehead atoms. The zero-order chi connectivity index (χ0) is 22.6. The Balaban J connectivity index is 1.91. The van der Waals surface area contributed by atoms with Crippen LogP contribution in [0.4, 0.5) is 15.8 Å². The van der Waals surface area contributed by atoms with Gasteiger partial charge in [-0.25, -0.2) is 12.8 Å². The van der Waals surface area contributed by atoms with E-state index in [0.29, 0.717) is 5.75 Å². The molecule has 0 unspecified atom stereocenters. The van der Waals surface area contributed by atoms with E-state index in [2.05, 4.69) is 10.0 Å². The minimum absolute atomic E-state index is 0.0615. The van der Waals surface area contributed by atoms with Crippen LogP contribution in [0.25, 0.3) is 0 Å². The van der Waals surface area contributed by atoms with Crippen molar-refractivity contribution in [1.82, 2.24) is 0 Å². The summed E-state index contributed by atoms with van der Waals surface area (Å²) in [5.74, 6) is -0.857. The molecule has 31 heavy (non-hydrogen) atoms. The Bertz CT molecular complexity index is 1230. The van der Waals surface area contributed by atoms with E-state index in [4.69, 9.17) is 21.1 Å². The molecule has 0 radical (unpaired) electrons. The van der Waals surface area contributed by atoms with E-state index in [1.165, 1.54) is 68.8 Å². The molecule has 0 atom stereocenters. The maximum Gasteiger partial charge on any atom is 0.261 e. The van der Waals surface area contributed by atoms with E-state index in [1.54, 1.807) is 0 Å². The average molecular weight is 465 g/mol. The van der Waals surface area contributed by atoms with Crippen molar-refractivity contribution < 1.29 is 27.1 Å². The molecule has 0 spiro atoms. The van der Waals surface area contributed by atoms with Gasteiger partial charge in [-0.2, -0.15) is 0 Å². The molecule has 0 saturated heterocycles. The Morgan fingerprint density at radius 2 is 1.65 bits per heavy atom. The van der Waals surface area contributed by atoms with Crippen molar-refractivity contribution in [2.24, 2.45) is 0 Å². The normalized spacial score (nSPS) is 11.0. The van der Waals surface area contributed by atoms with Gasteiger partial charge >= 0.3 is 0 Å². The molecule has 2 N–H and O–H groups in total. The van der Waals surface area contributed by atoms with E-state index in [-0.39, 0.29) is 32.6 Å². The second-order valence-corrected chi connectivity index (χ2v) is 8.34. The number of carbonyl (C=O) groups excluding carboxylic acids is 1. The average Bonchev–Trinajstić information content (AvgIpc) is 2.73. The van der Waals surface area contributed by atoms with Gasteiger partial charge in [0.05, 0.1) is 41.1 Å². The molecule has 0 aliphatic rings. The SMILES string of the molecule is COc1ccc(NS(=O)(=O)c2ccc(OC)c(NC(=O)c3ccccc3F)c2)cc1Cl. The van der Waals surface area contributed by atoms with Gasteiger partial charge in [-0.3, -0.25) is 9.52 Å². The summed E-state index contributed by atoms with van der Waals surface area (Å²) < 4.78 is 52.2. The second kappa shape index (κ2) is 9.23. The molecule has 162 valence electrons. The number of hydrogen-bond donors (Lipinski definition) is 2. The molecule has 10 heteroatoms. The lowest BCUT2D eigenvalue weighted by Crippen LogP contribution is -2.16. The van der Waals surface area contributed by atoms with Crippen LogP contribution >= 0.6 is 11.6 Å². The van der Waals surface area contributed by atoms with E-state index in [1.807, 2.05) is 0 Å². The number of benzene rings is 3. The minimum Gasteiger partial charge on any atom is -0.495 e. The minimum atomic E-state index is -4.04. The van der Waals surface area contributed by atoms with E-state index < -0.39 is 21.7 Å². The number of nitrogens with one attached hydrogen (secondary N) is 2. The molecule has 0 saturated carbocycles. The zero-order valence-electron chi connectivity index (χ0n) is 16.5. The summed E-state index contributed by atoms with van der Waals surface area (Å²) in [6, 6.07) is 13.8. The van der Waals surface area contributed by atoms with Crippen molar-refractivity contribution >= 4 is 38.9 Å². The fraction of sp³-hybridized carbons (Fsp3) is 0.0952. The standard InChI is InChI=1S/C21H18ClFN2O5S/c1-29-19-9-7-13(11-16(19)22)25-31(27,28)14-8-10-20(30-2)18(12-14)24-21(26)15-5-3-4-6-17(15)23/h3-12,25H,1-2H3,(H,24,26). The fourth-order valence-electron chi connectivity index (χ4n) is 2.73. The predicted octanol–water partition coefficient (Wildman–Crippen LogP) is 4.55. The van der Waals surface area contributed by atoms with Gasteiger partial charge < -0.3 is 14.8 Å². The van der Waals surface area contributed by atoms with Crippen molar-refractivity contribution in [3.63, 3.8) is 0 Å². The number of carbonyl (C=O) groups is 1. The molecule has 3 aromatic rings. The molecule has 0 heterocycles. The van der Waals surface area contributed by atoms with Crippen LogP contribution in [0.5, 0.6) is 11.5 Å². The number of hydrogen-bond acceptors (Lipinski definition) is 5. The molecule has 3 aromatic carbocycles. The summed E-state index contributed by atoms with van der Waals surface area (Å²) in [6.07, 6.45) is 0. The van der Waals surface area contributed by atoms with Gasteiger partial charge in [0.25, 0.3) is 15.9 Å². The lowest BCUT2D eigenvalue weighted by atomic mass is 10.2. The van der Waals surface area contributed by atoms with Crippen LogP contribution in [0, 0.1) is 5.82 Å². The number of halogens is 2. The molecule has 0 aliphatic heterocycles. The topological polar surface area (TPSA) is 93.7 Å². The van der Waals surface area contributed by atoms with E-state index in [0.717, 1.165) is 6.07 Å². The predicted molar refractivity (Wildman–Crippen MR) is 116 cm³/mol. The third kappa shape index (κ3) is 5.07. The summed E-state index contributed by atoms with van der Waals surface area (Å²) in [7, 11) is -1.23. The van der Waals surface area contributed by atoms with Crippen LogP contribution in [-0.4, -0.2) is 28.5 Å². The first-order chi connectivity index (χ1) is 14.7. The molecule has 3 rings (SSSR count). The van der Waals surface area contributed by atoms with Crippen molar-refractivity contribution in [3.8, 4) is 11.5 Å². The van der Waals surface area contributed by atoms with E-state index >= 15 is 0 Å². The number of anilines is 2. The molecule has 0 fully saturated rings. The van der Waals surface area contributed by atoms with Gasteiger partial charge in [0.2, 0.25) is 0 Å². The van der Waals surface area contributed by atoms with Gasteiger partial charge in [0, 0.05) is 0 Å². The van der Waals surface area contributed by atoms with Gasteiger partial charge in [0.1, 0.15) is 17.3 Å². The Hall–Kier alpha value is -3.30. The second-order valence-electron chi connectivity index (χ2n) is 6.25. The quantitative estimate of drug-likeness (QED) is 0.535. The molecule has 7 nitrogen and oxygen atoms in total. The lowest BCUT2D eigenvalue weighted by Gasteiger charge is -2.14. The smallest absolute Gasteiger partial charge is 0.261 e. The van der Waals surface area contributed by atoms with Gasteiger partial charge in [-0.05, 0) is 48.5 Å². The number of ether oxygens (including phenoxy) is 2. The van der Waals surface area contributed by atoms with Gasteiger partial charge in [0.15, 0.2) is 0 Å². The highest BCUT2D eigenvalue weighted by molar-refractivity contribution is 7.92. The lowest BCUT2D eigenvalue weighted by molar-refractivity contribution is 0.102. The Morgan fingerprint density at radius 3 is 2.29 bits per heavy atom. The third-order valence-corrected chi connectivity index (χ3v) is 5.93. The Morgan fingerprint density at radius 1 is 0.968 bits per heavy atom. The highest BCUT2D eigenvalue weighted by Gasteiger charge is 2.20. The van der Waals surface area contributed by atoms with Crippen LogP contribution in [0.2, 0.25) is 5.02 Å². The number of sulfonamides is 1. The molecular weight excluding hydrogens is 447 g/mol. The van der Waals surface area contributed by atoms with Crippen LogP contribution in [-0.2, 0) is 10.0 Å². The first-order valence-electron chi connectivity index (χ1n) is 8.85. The molecule has 0 aliphatic carbocycles. The molecular formula is C21H18ClFN2O5S. The molecule has 0 aromatic heterocycles. The van der Waals surface area contributed by atoms with Gasteiger partial charge in [-0.1, -0.05) is 23.7 Å². The molecule has 1 amide bonds. The maximum atomic E-state index is 13.9. The fourth-order valence-corrected chi connectivity index (χ4v) is 4.06. The highest BCUT2D eigenvalue weighted by atomic mass is 35.5. The number of rotatable bonds is 7. The first kappa shape index (κ1) is 22.4. The van der Waals surface area contributed by atoms with Gasteiger partial charge in [-0.15, -0.1) is 0 Å². The monoisotopic (exact) mass is 464 g/mol. The summed E-state index contributed by atoms with van der Waals surface area (Å²) in [5, 5.41) is 2.72. The third-order valence-electron chi connectivity index (χ3n) is 4.25. The largest absolute Gasteiger partial charge is 0.495 e. The number of amides is 1. The Labute approximate surface area is 183 Å². The van der Waals surface area contributed by atoms with Crippen molar-refractivity contribution in [2.75, 3.05) is 24.3 Å². The van der Waals surface area contributed by atoms with Crippen molar-refractivity contribution in [3.05, 3.63) is 77.1 Å². The van der Waals surface area contributed by atoms with Crippen molar-refractivity contribution in [1.29, 1.82) is 0 Å². The van der Waals surface area contributed by atoms with Crippen LogP contribution in [0.15, 0.2) is 65.6 Å². The van der Waals surface area contributed by atoms with E-state index in [9.17, 15) is 17.6 Å². The van der Waals surface area contributed by atoms with Crippen LogP contribution < -0.4 is 19.5 Å². The highest BCUT2D eigenvalue weighted by Crippen LogP contribution is 2.31. The first-order valence-corrected chi connectivity index (χ1v) is 10.7. The Kier molecular flexibility index (Phi) is 6.67. The summed E-state index contributed by atoms with van der Waals surface area (Å²) >= 11 is 6.04.